The monoisotopic (exact) mass is 333 g/mol. The lowest BCUT2D eigenvalue weighted by Crippen LogP contribution is -2.36. The molecular weight excluding hydrogens is 310 g/mol. The number of likely N-dealkylation sites (N-methyl/N-ethyl adjacent to an activating group) is 1. The molecule has 1 atom stereocenters. The number of anilines is 1. The van der Waals surface area contributed by atoms with E-state index in [-0.39, 0.29) is 0 Å². The van der Waals surface area contributed by atoms with Crippen LogP contribution >= 0.6 is 23.6 Å². The fraction of sp³-hybridized carbons (Fsp3) is 0.353. The van der Waals surface area contributed by atoms with Crippen molar-refractivity contribution in [3.05, 3.63) is 51.7 Å². The number of rotatable bonds is 5. The zero-order valence-electron chi connectivity index (χ0n) is 13.5. The van der Waals surface area contributed by atoms with Crippen molar-refractivity contribution in [2.75, 3.05) is 26.0 Å². The fourth-order valence-electron chi connectivity index (χ4n) is 2.20. The second kappa shape index (κ2) is 7.72. The molecule has 1 aromatic heterocycles. The summed E-state index contributed by atoms with van der Waals surface area (Å²) in [6.45, 7) is 5.00. The molecule has 5 heteroatoms. The van der Waals surface area contributed by atoms with Gasteiger partial charge in [-0.05, 0) is 74.9 Å². The summed E-state index contributed by atoms with van der Waals surface area (Å²) >= 11 is 7.18. The summed E-state index contributed by atoms with van der Waals surface area (Å²) in [5, 5.41) is 9.34. The van der Waals surface area contributed by atoms with Crippen LogP contribution in [-0.4, -0.2) is 30.7 Å². The molecule has 0 saturated carbocycles. The molecular formula is C17H23N3S2. The molecule has 0 amide bonds. The van der Waals surface area contributed by atoms with Crippen molar-refractivity contribution in [2.24, 2.45) is 0 Å². The van der Waals surface area contributed by atoms with E-state index in [1.807, 2.05) is 0 Å². The first-order chi connectivity index (χ1) is 10.5. The van der Waals surface area contributed by atoms with Gasteiger partial charge in [-0.1, -0.05) is 12.1 Å². The SMILES string of the molecule is Cc1ccc(NC(=S)NCC(c2cccs2)N(C)C)cc1C. The molecule has 1 aromatic carbocycles. The number of benzene rings is 1. The quantitative estimate of drug-likeness (QED) is 0.810. The highest BCUT2D eigenvalue weighted by molar-refractivity contribution is 7.80. The standard InChI is InChI=1S/C17H23N3S2/c1-12-7-8-14(10-13(12)2)19-17(21)18-11-15(20(3)4)16-6-5-9-22-16/h5-10,15H,11H2,1-4H3,(H2,18,19,21). The van der Waals surface area contributed by atoms with E-state index in [1.54, 1.807) is 11.3 Å². The minimum atomic E-state index is 0.319. The van der Waals surface area contributed by atoms with Crippen molar-refractivity contribution in [3.63, 3.8) is 0 Å². The van der Waals surface area contributed by atoms with Crippen LogP contribution in [-0.2, 0) is 0 Å². The Morgan fingerprint density at radius 1 is 1.23 bits per heavy atom. The number of hydrogen-bond acceptors (Lipinski definition) is 3. The zero-order chi connectivity index (χ0) is 16.1. The molecule has 0 spiro atoms. The molecule has 2 aromatic rings. The lowest BCUT2D eigenvalue weighted by Gasteiger charge is -2.24. The van der Waals surface area contributed by atoms with Crippen LogP contribution in [0.2, 0.25) is 0 Å². The van der Waals surface area contributed by atoms with E-state index in [2.05, 4.69) is 79.2 Å². The second-order valence-electron chi connectivity index (χ2n) is 5.63. The smallest absolute Gasteiger partial charge is 0.170 e. The predicted molar refractivity (Wildman–Crippen MR) is 101 cm³/mol. The molecule has 0 bridgehead atoms. The van der Waals surface area contributed by atoms with Crippen molar-refractivity contribution >= 4 is 34.4 Å². The molecule has 0 fully saturated rings. The van der Waals surface area contributed by atoms with Gasteiger partial charge in [0, 0.05) is 17.1 Å². The van der Waals surface area contributed by atoms with Crippen LogP contribution in [0.3, 0.4) is 0 Å². The molecule has 3 nitrogen and oxygen atoms in total. The first kappa shape index (κ1) is 16.9. The van der Waals surface area contributed by atoms with E-state index in [4.69, 9.17) is 12.2 Å². The predicted octanol–water partition coefficient (Wildman–Crippen LogP) is 3.95. The lowest BCUT2D eigenvalue weighted by molar-refractivity contribution is 0.303. The van der Waals surface area contributed by atoms with Crippen molar-refractivity contribution in [1.82, 2.24) is 10.2 Å². The Kier molecular flexibility index (Phi) is 5.94. The third-order valence-corrected chi connectivity index (χ3v) is 4.94. The van der Waals surface area contributed by atoms with Gasteiger partial charge in [-0.3, -0.25) is 0 Å². The third-order valence-electron chi connectivity index (χ3n) is 3.72. The van der Waals surface area contributed by atoms with Gasteiger partial charge in [0.05, 0.1) is 6.04 Å². The van der Waals surface area contributed by atoms with E-state index in [0.29, 0.717) is 11.2 Å². The molecule has 0 aliphatic rings. The highest BCUT2D eigenvalue weighted by atomic mass is 32.1. The summed E-state index contributed by atoms with van der Waals surface area (Å²) < 4.78 is 0. The summed E-state index contributed by atoms with van der Waals surface area (Å²) in [5.74, 6) is 0. The van der Waals surface area contributed by atoms with Crippen molar-refractivity contribution in [2.45, 2.75) is 19.9 Å². The van der Waals surface area contributed by atoms with E-state index in [0.717, 1.165) is 12.2 Å². The summed E-state index contributed by atoms with van der Waals surface area (Å²) in [4.78, 5) is 3.55. The van der Waals surface area contributed by atoms with Crippen molar-refractivity contribution in [1.29, 1.82) is 0 Å². The maximum Gasteiger partial charge on any atom is 0.170 e. The van der Waals surface area contributed by atoms with Gasteiger partial charge in [0.25, 0.3) is 0 Å². The average Bonchev–Trinajstić information content (AvgIpc) is 2.97. The van der Waals surface area contributed by atoms with E-state index in [9.17, 15) is 0 Å². The number of aryl methyl sites for hydroxylation is 2. The van der Waals surface area contributed by atoms with Crippen LogP contribution in [0.5, 0.6) is 0 Å². The van der Waals surface area contributed by atoms with E-state index in [1.165, 1.54) is 16.0 Å². The van der Waals surface area contributed by atoms with Crippen LogP contribution < -0.4 is 10.6 Å². The fourth-order valence-corrected chi connectivity index (χ4v) is 3.33. The van der Waals surface area contributed by atoms with Gasteiger partial charge >= 0.3 is 0 Å². The van der Waals surface area contributed by atoms with Gasteiger partial charge in [0.2, 0.25) is 0 Å². The first-order valence-electron chi connectivity index (χ1n) is 7.29. The van der Waals surface area contributed by atoms with Crippen LogP contribution in [0, 0.1) is 13.8 Å². The van der Waals surface area contributed by atoms with Crippen molar-refractivity contribution < 1.29 is 0 Å². The zero-order valence-corrected chi connectivity index (χ0v) is 15.1. The molecule has 22 heavy (non-hydrogen) atoms. The van der Waals surface area contributed by atoms with Crippen molar-refractivity contribution in [3.8, 4) is 0 Å². The Hall–Kier alpha value is -1.43. The molecule has 118 valence electrons. The molecule has 2 N–H and O–H groups in total. The molecule has 2 rings (SSSR count). The van der Waals surface area contributed by atoms with Gasteiger partial charge in [-0.25, -0.2) is 0 Å². The first-order valence-corrected chi connectivity index (χ1v) is 8.58. The number of nitrogens with zero attached hydrogens (tertiary/aromatic N) is 1. The summed E-state index contributed by atoms with van der Waals surface area (Å²) in [6, 6.07) is 10.8. The van der Waals surface area contributed by atoms with Crippen LogP contribution in [0.4, 0.5) is 5.69 Å². The van der Waals surface area contributed by atoms with Gasteiger partial charge in [-0.15, -0.1) is 11.3 Å². The Morgan fingerprint density at radius 2 is 2.00 bits per heavy atom. The Labute approximate surface area is 142 Å². The lowest BCUT2D eigenvalue weighted by atomic mass is 10.1. The molecule has 1 unspecified atom stereocenters. The second-order valence-corrected chi connectivity index (χ2v) is 7.02. The normalized spacial score (nSPS) is 12.2. The average molecular weight is 334 g/mol. The van der Waals surface area contributed by atoms with Crippen LogP contribution in [0.25, 0.3) is 0 Å². The Balaban J connectivity index is 1.92. The number of nitrogens with one attached hydrogen (secondary N) is 2. The Morgan fingerprint density at radius 3 is 2.59 bits per heavy atom. The topological polar surface area (TPSA) is 27.3 Å². The van der Waals surface area contributed by atoms with Gasteiger partial charge in [-0.2, -0.15) is 0 Å². The maximum absolute atomic E-state index is 5.41. The highest BCUT2D eigenvalue weighted by Crippen LogP contribution is 2.22. The van der Waals surface area contributed by atoms with E-state index >= 15 is 0 Å². The molecule has 0 aliphatic heterocycles. The number of hydrogen-bond donors (Lipinski definition) is 2. The number of thiocarbonyl (C=S) groups is 1. The summed E-state index contributed by atoms with van der Waals surface area (Å²) in [7, 11) is 4.18. The van der Waals surface area contributed by atoms with Gasteiger partial charge in [0.15, 0.2) is 5.11 Å². The maximum atomic E-state index is 5.41. The van der Waals surface area contributed by atoms with Crippen LogP contribution in [0.1, 0.15) is 22.0 Å². The minimum Gasteiger partial charge on any atom is -0.360 e. The summed E-state index contributed by atoms with van der Waals surface area (Å²) in [6.07, 6.45) is 0. The molecule has 1 heterocycles. The highest BCUT2D eigenvalue weighted by Gasteiger charge is 2.15. The van der Waals surface area contributed by atoms with Gasteiger partial charge < -0.3 is 15.5 Å². The minimum absolute atomic E-state index is 0.319. The largest absolute Gasteiger partial charge is 0.360 e. The molecule has 0 saturated heterocycles. The molecule has 0 radical (unpaired) electrons. The van der Waals surface area contributed by atoms with Gasteiger partial charge in [0.1, 0.15) is 0 Å². The number of thiophene rings is 1. The van der Waals surface area contributed by atoms with Crippen LogP contribution in [0.15, 0.2) is 35.7 Å². The molecule has 0 aliphatic carbocycles. The Bertz CT molecular complexity index is 621. The summed E-state index contributed by atoms with van der Waals surface area (Å²) in [5.41, 5.74) is 3.57. The third kappa shape index (κ3) is 4.53. The van der Waals surface area contributed by atoms with E-state index < -0.39 is 0 Å².